The van der Waals surface area contributed by atoms with Crippen LogP contribution in [0.5, 0.6) is 5.75 Å². The first-order valence-electron chi connectivity index (χ1n) is 6.48. The van der Waals surface area contributed by atoms with Crippen molar-refractivity contribution in [2.24, 2.45) is 5.92 Å². The molecule has 0 saturated heterocycles. The Labute approximate surface area is 105 Å². The lowest BCUT2D eigenvalue weighted by Gasteiger charge is -2.19. The van der Waals surface area contributed by atoms with Crippen molar-refractivity contribution in [3.8, 4) is 5.75 Å². The zero-order chi connectivity index (χ0) is 12.8. The minimum absolute atomic E-state index is 0.221. The Morgan fingerprint density at radius 1 is 1.06 bits per heavy atom. The quantitative estimate of drug-likeness (QED) is 0.813. The fourth-order valence-corrected chi connectivity index (χ4v) is 1.53. The summed E-state index contributed by atoms with van der Waals surface area (Å²) >= 11 is 0. The van der Waals surface area contributed by atoms with Crippen LogP contribution in [-0.4, -0.2) is 12.1 Å². The lowest BCUT2D eigenvalue weighted by atomic mass is 10.1. The normalized spacial score (nSPS) is 13.1. The number of para-hydroxylation sites is 1. The number of hydrogen-bond acceptors (Lipinski definition) is 2. The third-order valence-corrected chi connectivity index (χ3v) is 2.95. The van der Waals surface area contributed by atoms with Gasteiger partial charge in [-0.25, -0.2) is 0 Å². The molecule has 2 heteroatoms. The van der Waals surface area contributed by atoms with Gasteiger partial charge in [-0.15, -0.1) is 0 Å². The molecule has 0 fully saturated rings. The monoisotopic (exact) mass is 235 g/mol. The van der Waals surface area contributed by atoms with Crippen LogP contribution >= 0.6 is 0 Å². The van der Waals surface area contributed by atoms with Gasteiger partial charge in [-0.1, -0.05) is 32.0 Å². The Hall–Kier alpha value is -1.02. The maximum absolute atomic E-state index is 5.80. The van der Waals surface area contributed by atoms with E-state index in [2.05, 4.69) is 52.1 Å². The number of benzene rings is 1. The van der Waals surface area contributed by atoms with Crippen LogP contribution in [-0.2, 0) is 6.54 Å². The Bertz CT molecular complexity index is 333. The van der Waals surface area contributed by atoms with Crippen molar-refractivity contribution in [3.63, 3.8) is 0 Å². The molecule has 0 amide bonds. The molecular formula is C15H25NO. The standard InChI is InChI=1S/C15H25NO/c1-11(2)13(5)16-10-14-8-6-7-9-15(14)17-12(3)4/h6-9,11-13,16H,10H2,1-5H3. The van der Waals surface area contributed by atoms with E-state index in [-0.39, 0.29) is 6.10 Å². The zero-order valence-electron chi connectivity index (χ0n) is 11.7. The second-order valence-electron chi connectivity index (χ2n) is 5.19. The van der Waals surface area contributed by atoms with Gasteiger partial charge in [0.15, 0.2) is 0 Å². The van der Waals surface area contributed by atoms with Crippen LogP contribution in [0.1, 0.15) is 40.2 Å². The predicted octanol–water partition coefficient (Wildman–Crippen LogP) is 3.61. The SMILES string of the molecule is CC(C)Oc1ccccc1CNC(C)C(C)C. The molecule has 0 spiro atoms. The van der Waals surface area contributed by atoms with Crippen molar-refractivity contribution in [1.82, 2.24) is 5.32 Å². The molecule has 1 atom stereocenters. The van der Waals surface area contributed by atoms with Gasteiger partial charge in [-0.05, 0) is 32.8 Å². The summed E-state index contributed by atoms with van der Waals surface area (Å²) in [4.78, 5) is 0. The molecule has 0 aliphatic carbocycles. The highest BCUT2D eigenvalue weighted by molar-refractivity contribution is 5.33. The third-order valence-electron chi connectivity index (χ3n) is 2.95. The summed E-state index contributed by atoms with van der Waals surface area (Å²) in [5, 5.41) is 3.53. The number of rotatable bonds is 6. The molecule has 2 nitrogen and oxygen atoms in total. The number of ether oxygens (including phenoxy) is 1. The third kappa shape index (κ3) is 4.78. The zero-order valence-corrected chi connectivity index (χ0v) is 11.7. The van der Waals surface area contributed by atoms with Crippen molar-refractivity contribution < 1.29 is 4.74 Å². The van der Waals surface area contributed by atoms with E-state index in [0.717, 1.165) is 12.3 Å². The highest BCUT2D eigenvalue weighted by atomic mass is 16.5. The lowest BCUT2D eigenvalue weighted by Crippen LogP contribution is -2.30. The summed E-state index contributed by atoms with van der Waals surface area (Å²) in [7, 11) is 0. The first-order valence-corrected chi connectivity index (χ1v) is 6.48. The summed E-state index contributed by atoms with van der Waals surface area (Å²) in [6.45, 7) is 11.7. The van der Waals surface area contributed by atoms with Crippen molar-refractivity contribution in [2.45, 2.75) is 53.3 Å². The van der Waals surface area contributed by atoms with Gasteiger partial charge in [0, 0.05) is 18.2 Å². The fourth-order valence-electron chi connectivity index (χ4n) is 1.53. The largest absolute Gasteiger partial charge is 0.491 e. The van der Waals surface area contributed by atoms with Crippen molar-refractivity contribution in [1.29, 1.82) is 0 Å². The van der Waals surface area contributed by atoms with Gasteiger partial charge in [0.2, 0.25) is 0 Å². The fraction of sp³-hybridized carbons (Fsp3) is 0.600. The molecular weight excluding hydrogens is 210 g/mol. The number of hydrogen-bond donors (Lipinski definition) is 1. The summed E-state index contributed by atoms with van der Waals surface area (Å²) in [5.74, 6) is 1.64. The highest BCUT2D eigenvalue weighted by Gasteiger charge is 2.09. The topological polar surface area (TPSA) is 21.3 Å². The molecule has 1 N–H and O–H groups in total. The van der Waals surface area contributed by atoms with E-state index >= 15 is 0 Å². The van der Waals surface area contributed by atoms with Crippen LogP contribution in [0.15, 0.2) is 24.3 Å². The molecule has 0 aromatic heterocycles. The van der Waals surface area contributed by atoms with Gasteiger partial charge in [0.05, 0.1) is 6.10 Å². The molecule has 96 valence electrons. The maximum atomic E-state index is 5.80. The molecule has 17 heavy (non-hydrogen) atoms. The van der Waals surface area contributed by atoms with Crippen molar-refractivity contribution in [3.05, 3.63) is 29.8 Å². The van der Waals surface area contributed by atoms with E-state index < -0.39 is 0 Å². The minimum Gasteiger partial charge on any atom is -0.491 e. The van der Waals surface area contributed by atoms with E-state index in [1.807, 2.05) is 12.1 Å². The van der Waals surface area contributed by atoms with Gasteiger partial charge in [-0.2, -0.15) is 0 Å². The van der Waals surface area contributed by atoms with Crippen LogP contribution in [0.3, 0.4) is 0 Å². The Balaban J connectivity index is 2.63. The molecule has 1 rings (SSSR count). The Morgan fingerprint density at radius 2 is 1.71 bits per heavy atom. The first-order chi connectivity index (χ1) is 8.00. The van der Waals surface area contributed by atoms with Gasteiger partial charge < -0.3 is 10.1 Å². The predicted molar refractivity (Wildman–Crippen MR) is 73.3 cm³/mol. The summed E-state index contributed by atoms with van der Waals surface area (Å²) in [6.07, 6.45) is 0.221. The summed E-state index contributed by atoms with van der Waals surface area (Å²) in [6, 6.07) is 8.76. The van der Waals surface area contributed by atoms with E-state index in [1.165, 1.54) is 5.56 Å². The highest BCUT2D eigenvalue weighted by Crippen LogP contribution is 2.19. The Morgan fingerprint density at radius 3 is 2.29 bits per heavy atom. The van der Waals surface area contributed by atoms with Crippen LogP contribution in [0.2, 0.25) is 0 Å². The summed E-state index contributed by atoms with van der Waals surface area (Å²) < 4.78 is 5.80. The average Bonchev–Trinajstić information content (AvgIpc) is 2.26. The van der Waals surface area contributed by atoms with E-state index in [0.29, 0.717) is 12.0 Å². The number of nitrogens with one attached hydrogen (secondary N) is 1. The van der Waals surface area contributed by atoms with Crippen molar-refractivity contribution in [2.75, 3.05) is 0 Å². The van der Waals surface area contributed by atoms with Gasteiger partial charge >= 0.3 is 0 Å². The minimum atomic E-state index is 0.221. The molecule has 0 saturated carbocycles. The van der Waals surface area contributed by atoms with Gasteiger partial charge in [0.1, 0.15) is 5.75 Å². The summed E-state index contributed by atoms with van der Waals surface area (Å²) in [5.41, 5.74) is 1.23. The Kier molecular flexibility index (Phi) is 5.49. The second kappa shape index (κ2) is 6.65. The molecule has 0 radical (unpaired) electrons. The molecule has 0 bridgehead atoms. The average molecular weight is 235 g/mol. The first kappa shape index (κ1) is 14.0. The van der Waals surface area contributed by atoms with Crippen LogP contribution in [0.4, 0.5) is 0 Å². The van der Waals surface area contributed by atoms with E-state index in [1.54, 1.807) is 0 Å². The lowest BCUT2D eigenvalue weighted by molar-refractivity contribution is 0.239. The van der Waals surface area contributed by atoms with Gasteiger partial charge in [0.25, 0.3) is 0 Å². The molecule has 0 aliphatic heterocycles. The van der Waals surface area contributed by atoms with Crippen LogP contribution < -0.4 is 10.1 Å². The smallest absolute Gasteiger partial charge is 0.124 e. The second-order valence-corrected chi connectivity index (χ2v) is 5.19. The molecule has 0 aliphatic rings. The van der Waals surface area contributed by atoms with Gasteiger partial charge in [-0.3, -0.25) is 0 Å². The molecule has 1 unspecified atom stereocenters. The van der Waals surface area contributed by atoms with Crippen LogP contribution in [0.25, 0.3) is 0 Å². The van der Waals surface area contributed by atoms with Crippen LogP contribution in [0, 0.1) is 5.92 Å². The molecule has 1 aromatic rings. The maximum Gasteiger partial charge on any atom is 0.124 e. The van der Waals surface area contributed by atoms with E-state index in [9.17, 15) is 0 Å². The van der Waals surface area contributed by atoms with E-state index in [4.69, 9.17) is 4.74 Å². The molecule has 1 aromatic carbocycles. The van der Waals surface area contributed by atoms with Crippen molar-refractivity contribution >= 4 is 0 Å². The molecule has 0 heterocycles.